The van der Waals surface area contributed by atoms with Gasteiger partial charge in [0.25, 0.3) is 0 Å². The predicted molar refractivity (Wildman–Crippen MR) is 104 cm³/mol. The van der Waals surface area contributed by atoms with Crippen molar-refractivity contribution in [2.75, 3.05) is 25.1 Å². The first kappa shape index (κ1) is 17.3. The zero-order valence-electron chi connectivity index (χ0n) is 14.7. The summed E-state index contributed by atoms with van der Waals surface area (Å²) in [5.41, 5.74) is 5.19. The van der Waals surface area contributed by atoms with Gasteiger partial charge in [-0.15, -0.1) is 0 Å². The van der Waals surface area contributed by atoms with Crippen molar-refractivity contribution in [3.05, 3.63) is 62.6 Å². The third-order valence-electron chi connectivity index (χ3n) is 5.23. The summed E-state index contributed by atoms with van der Waals surface area (Å²) < 4.78 is 5.60. The molecule has 0 aromatic heterocycles. The van der Waals surface area contributed by atoms with Crippen molar-refractivity contribution in [1.29, 1.82) is 0 Å². The Labute approximate surface area is 161 Å². The number of halogens is 1. The quantitative estimate of drug-likeness (QED) is 0.559. The number of nitrogens with zero attached hydrogens (tertiary/aromatic N) is 1. The van der Waals surface area contributed by atoms with Crippen molar-refractivity contribution in [3.63, 3.8) is 0 Å². The molecule has 2 aromatic rings. The summed E-state index contributed by atoms with van der Waals surface area (Å²) >= 11 is 3.36. The fourth-order valence-electron chi connectivity index (χ4n) is 4.08. The van der Waals surface area contributed by atoms with E-state index in [0.29, 0.717) is 16.7 Å². The molecule has 0 unspecified atom stereocenters. The minimum atomic E-state index is -0.500. The van der Waals surface area contributed by atoms with Crippen molar-refractivity contribution in [2.45, 2.75) is 25.7 Å². The second kappa shape index (κ2) is 6.88. The molecule has 0 N–H and O–H groups in total. The van der Waals surface area contributed by atoms with Crippen molar-refractivity contribution in [1.82, 2.24) is 0 Å². The molecular formula is C21H20BrNO3. The van der Waals surface area contributed by atoms with Gasteiger partial charge in [0, 0.05) is 34.4 Å². The van der Waals surface area contributed by atoms with Gasteiger partial charge in [-0.2, -0.15) is 0 Å². The van der Waals surface area contributed by atoms with Gasteiger partial charge in [-0.25, -0.2) is 4.79 Å². The fourth-order valence-corrected chi connectivity index (χ4v) is 4.44. The van der Waals surface area contributed by atoms with Crippen LogP contribution >= 0.6 is 15.9 Å². The molecule has 0 aliphatic carbocycles. The van der Waals surface area contributed by atoms with Crippen molar-refractivity contribution >= 4 is 33.4 Å². The number of benzene rings is 2. The van der Waals surface area contributed by atoms with Crippen molar-refractivity contribution < 1.29 is 14.3 Å². The van der Waals surface area contributed by atoms with Gasteiger partial charge in [-0.1, -0.05) is 15.9 Å². The number of ketones is 1. The number of aryl methyl sites for hydroxylation is 2. The number of anilines is 1. The number of carbonyl (C=O) groups is 2. The van der Waals surface area contributed by atoms with Crippen molar-refractivity contribution in [2.24, 2.45) is 0 Å². The standard InChI is InChI=1S/C21H20BrNO3/c1-26-21(25)18-12-16(22)6-7-17(18)20(24)15-10-13-4-2-8-23-9-3-5-14(11-15)19(13)23/h6-7,10-12H,2-5,8-9H2,1H3. The molecule has 2 heterocycles. The number of hydrogen-bond donors (Lipinski definition) is 0. The molecule has 26 heavy (non-hydrogen) atoms. The van der Waals surface area contributed by atoms with Crippen LogP contribution in [0.4, 0.5) is 5.69 Å². The molecule has 0 spiro atoms. The zero-order valence-corrected chi connectivity index (χ0v) is 16.3. The van der Waals surface area contributed by atoms with Crippen LogP contribution in [0.15, 0.2) is 34.8 Å². The van der Waals surface area contributed by atoms with Gasteiger partial charge in [0.1, 0.15) is 0 Å². The van der Waals surface area contributed by atoms with E-state index in [4.69, 9.17) is 4.74 Å². The normalized spacial score (nSPS) is 15.4. The molecule has 0 fully saturated rings. The summed E-state index contributed by atoms with van der Waals surface area (Å²) in [6, 6.07) is 9.15. The second-order valence-corrected chi connectivity index (χ2v) is 7.76. The Morgan fingerprint density at radius 2 is 1.65 bits per heavy atom. The van der Waals surface area contributed by atoms with E-state index < -0.39 is 5.97 Å². The molecule has 4 rings (SSSR count). The Bertz CT molecular complexity index is 875. The molecule has 0 saturated carbocycles. The van der Waals surface area contributed by atoms with E-state index in [0.717, 1.165) is 43.2 Å². The van der Waals surface area contributed by atoms with Gasteiger partial charge in [-0.3, -0.25) is 4.79 Å². The maximum Gasteiger partial charge on any atom is 0.338 e. The molecule has 2 aliphatic rings. The van der Waals surface area contributed by atoms with E-state index in [1.54, 1.807) is 18.2 Å². The van der Waals surface area contributed by atoms with Crippen LogP contribution in [0.3, 0.4) is 0 Å². The lowest BCUT2D eigenvalue weighted by atomic mass is 9.87. The lowest BCUT2D eigenvalue weighted by Gasteiger charge is -2.37. The lowest BCUT2D eigenvalue weighted by Crippen LogP contribution is -2.34. The highest BCUT2D eigenvalue weighted by molar-refractivity contribution is 9.10. The fraction of sp³-hybridized carbons (Fsp3) is 0.333. The Balaban J connectivity index is 1.80. The zero-order chi connectivity index (χ0) is 18.3. The summed E-state index contributed by atoms with van der Waals surface area (Å²) in [6.07, 6.45) is 4.25. The SMILES string of the molecule is COC(=O)c1cc(Br)ccc1C(=O)c1cc2c3c(c1)CCCN3CCC2. The number of esters is 1. The van der Waals surface area contributed by atoms with Gasteiger partial charge >= 0.3 is 5.97 Å². The third kappa shape index (κ3) is 2.94. The molecular weight excluding hydrogens is 394 g/mol. The maximum atomic E-state index is 13.2. The Morgan fingerprint density at radius 3 is 2.27 bits per heavy atom. The maximum absolute atomic E-state index is 13.2. The molecule has 0 bridgehead atoms. The first-order valence-electron chi connectivity index (χ1n) is 8.92. The van der Waals surface area contributed by atoms with Crippen LogP contribution in [0.5, 0.6) is 0 Å². The molecule has 4 nitrogen and oxygen atoms in total. The lowest BCUT2D eigenvalue weighted by molar-refractivity contribution is 0.0597. The number of ether oxygens (including phenoxy) is 1. The highest BCUT2D eigenvalue weighted by Gasteiger charge is 2.27. The minimum absolute atomic E-state index is 0.125. The topological polar surface area (TPSA) is 46.6 Å². The Morgan fingerprint density at radius 1 is 1.00 bits per heavy atom. The third-order valence-corrected chi connectivity index (χ3v) is 5.72. The molecule has 5 heteroatoms. The first-order chi connectivity index (χ1) is 12.6. The van der Waals surface area contributed by atoms with Gasteiger partial charge in [-0.05, 0) is 67.1 Å². The van der Waals surface area contributed by atoms with Crippen LogP contribution in [0, 0.1) is 0 Å². The van der Waals surface area contributed by atoms with Crippen LogP contribution in [-0.2, 0) is 17.6 Å². The van der Waals surface area contributed by atoms with E-state index >= 15 is 0 Å². The summed E-state index contributed by atoms with van der Waals surface area (Å²) in [4.78, 5) is 27.8. The van der Waals surface area contributed by atoms with Gasteiger partial charge in [0.15, 0.2) is 5.78 Å². The summed E-state index contributed by atoms with van der Waals surface area (Å²) in [5, 5.41) is 0. The monoisotopic (exact) mass is 413 g/mol. The largest absolute Gasteiger partial charge is 0.465 e. The Hall–Kier alpha value is -2.14. The molecule has 0 radical (unpaired) electrons. The number of rotatable bonds is 3. The smallest absolute Gasteiger partial charge is 0.338 e. The summed E-state index contributed by atoms with van der Waals surface area (Å²) in [7, 11) is 1.33. The summed E-state index contributed by atoms with van der Waals surface area (Å²) in [5.74, 6) is -0.625. The van der Waals surface area contributed by atoms with E-state index in [-0.39, 0.29) is 5.78 Å². The van der Waals surface area contributed by atoms with E-state index in [9.17, 15) is 9.59 Å². The van der Waals surface area contributed by atoms with Gasteiger partial charge in [0.2, 0.25) is 0 Å². The highest BCUT2D eigenvalue weighted by atomic mass is 79.9. The molecule has 2 aromatic carbocycles. The highest BCUT2D eigenvalue weighted by Crippen LogP contribution is 2.36. The minimum Gasteiger partial charge on any atom is -0.465 e. The molecule has 0 amide bonds. The number of carbonyl (C=O) groups excluding carboxylic acids is 2. The number of hydrogen-bond acceptors (Lipinski definition) is 4. The van der Waals surface area contributed by atoms with E-state index in [1.165, 1.54) is 23.9 Å². The summed E-state index contributed by atoms with van der Waals surface area (Å²) in [6.45, 7) is 2.21. The Kier molecular flexibility index (Phi) is 4.57. The van der Waals surface area contributed by atoms with Crippen LogP contribution < -0.4 is 4.90 Å². The molecule has 0 saturated heterocycles. The average molecular weight is 414 g/mol. The second-order valence-electron chi connectivity index (χ2n) is 6.85. The van der Waals surface area contributed by atoms with E-state index in [1.807, 2.05) is 12.1 Å². The van der Waals surface area contributed by atoms with Gasteiger partial charge in [0.05, 0.1) is 12.7 Å². The average Bonchev–Trinajstić information content (AvgIpc) is 2.67. The molecule has 0 atom stereocenters. The first-order valence-corrected chi connectivity index (χ1v) is 9.71. The van der Waals surface area contributed by atoms with Crippen LogP contribution in [0.1, 0.15) is 50.2 Å². The van der Waals surface area contributed by atoms with Crippen molar-refractivity contribution in [3.8, 4) is 0 Å². The predicted octanol–water partition coefficient (Wildman–Crippen LogP) is 4.17. The van der Waals surface area contributed by atoms with Crippen LogP contribution in [-0.4, -0.2) is 32.0 Å². The molecule has 134 valence electrons. The molecule has 2 aliphatic heterocycles. The van der Waals surface area contributed by atoms with Crippen LogP contribution in [0.2, 0.25) is 0 Å². The van der Waals surface area contributed by atoms with Crippen LogP contribution in [0.25, 0.3) is 0 Å². The number of methoxy groups -OCH3 is 1. The van der Waals surface area contributed by atoms with Gasteiger partial charge < -0.3 is 9.64 Å². The van der Waals surface area contributed by atoms with E-state index in [2.05, 4.69) is 20.8 Å².